The number of sulfonamides is 1. The fraction of sp³-hybridized carbons (Fsp3) is 0.704. The van der Waals surface area contributed by atoms with Gasteiger partial charge >= 0.3 is 6.09 Å². The van der Waals surface area contributed by atoms with Gasteiger partial charge in [0.15, 0.2) is 0 Å². The number of fused-ring (bicyclic) bond motifs is 2. The average Bonchev–Trinajstić information content (AvgIpc) is 3.02. The van der Waals surface area contributed by atoms with Gasteiger partial charge in [-0.1, -0.05) is 28.1 Å². The van der Waals surface area contributed by atoms with Crippen molar-refractivity contribution < 1.29 is 23.1 Å². The zero-order valence-corrected chi connectivity index (χ0v) is 23.1. The quantitative estimate of drug-likeness (QED) is 0.531. The number of nitrogens with one attached hydrogen (secondary N) is 1. The molecule has 4 bridgehead atoms. The molecule has 1 saturated heterocycles. The predicted molar refractivity (Wildman–Crippen MR) is 139 cm³/mol. The van der Waals surface area contributed by atoms with Crippen LogP contribution in [0.3, 0.4) is 0 Å². The first-order valence-electron chi connectivity index (χ1n) is 13.3. The Morgan fingerprint density at radius 1 is 1.08 bits per heavy atom. The van der Waals surface area contributed by atoms with Crippen LogP contribution in [0, 0.1) is 29.1 Å². The largest absolute Gasteiger partial charge is 0.465 e. The number of benzene rings is 1. The minimum atomic E-state index is -3.64. The molecule has 4 saturated carbocycles. The second kappa shape index (κ2) is 8.45. The molecule has 0 radical (unpaired) electrons. The molecule has 2 N–H and O–H groups in total. The van der Waals surface area contributed by atoms with E-state index in [4.69, 9.17) is 0 Å². The van der Waals surface area contributed by atoms with Crippen LogP contribution < -0.4 is 4.72 Å². The van der Waals surface area contributed by atoms with E-state index in [0.29, 0.717) is 13.1 Å². The highest BCUT2D eigenvalue weighted by atomic mass is 79.9. The van der Waals surface area contributed by atoms with Gasteiger partial charge in [0.05, 0.1) is 6.26 Å². The molecule has 7 nitrogen and oxygen atoms in total. The Kier molecular flexibility index (Phi) is 5.80. The standard InChI is InChI=1S/C27H35BrN2O5S/c1-36(34,35)29-22(31)12-20-19-3-2-4-21(28)23(19)27(5-7-30(8-6-27)25(32)33)24(20)26-13-16-9-17(14-26)11-18(10-16)15-26/h2-4,16-18,20,24H,5-15H2,1H3,(H,29,31)(H,32,33). The summed E-state index contributed by atoms with van der Waals surface area (Å²) in [6, 6.07) is 6.22. The molecule has 9 heteroatoms. The van der Waals surface area contributed by atoms with Gasteiger partial charge in [0, 0.05) is 29.4 Å². The van der Waals surface area contributed by atoms with Crippen molar-refractivity contribution in [2.45, 2.75) is 69.1 Å². The Morgan fingerprint density at radius 2 is 1.67 bits per heavy atom. The normalized spacial score (nSPS) is 36.2. The minimum Gasteiger partial charge on any atom is -0.465 e. The third-order valence-electron chi connectivity index (χ3n) is 10.3. The van der Waals surface area contributed by atoms with Crippen molar-refractivity contribution in [3.05, 3.63) is 33.8 Å². The van der Waals surface area contributed by atoms with Crippen molar-refractivity contribution in [1.82, 2.24) is 9.62 Å². The molecule has 1 heterocycles. The second-order valence-electron chi connectivity index (χ2n) is 12.5. The number of rotatable bonds is 4. The molecule has 1 aromatic rings. The first kappa shape index (κ1) is 24.7. The number of carbonyl (C=O) groups excluding carboxylic acids is 1. The maximum Gasteiger partial charge on any atom is 0.407 e. The molecular weight excluding hydrogens is 544 g/mol. The molecule has 2 unspecified atom stereocenters. The van der Waals surface area contributed by atoms with Crippen LogP contribution in [0.15, 0.2) is 22.7 Å². The van der Waals surface area contributed by atoms with Crippen molar-refractivity contribution in [3.63, 3.8) is 0 Å². The topological polar surface area (TPSA) is 104 Å². The summed E-state index contributed by atoms with van der Waals surface area (Å²) in [6.07, 6.45) is 9.31. The third kappa shape index (κ3) is 3.91. The SMILES string of the molecule is CS(=O)(=O)NC(=O)CC1c2cccc(Br)c2C2(CCN(C(=O)O)CC2)C1C12CC3CC(CC(C3)C1)C2. The summed E-state index contributed by atoms with van der Waals surface area (Å²) in [5.74, 6) is 1.91. The highest BCUT2D eigenvalue weighted by Gasteiger charge is 2.65. The molecule has 6 aliphatic rings. The summed E-state index contributed by atoms with van der Waals surface area (Å²) < 4.78 is 27.1. The van der Waals surface area contributed by atoms with E-state index in [1.807, 2.05) is 6.07 Å². The Hall–Kier alpha value is -1.61. The molecule has 5 aliphatic carbocycles. The van der Waals surface area contributed by atoms with Gasteiger partial charge in [-0.15, -0.1) is 0 Å². The first-order valence-corrected chi connectivity index (χ1v) is 16.0. The zero-order valence-electron chi connectivity index (χ0n) is 20.7. The minimum absolute atomic E-state index is 0.0770. The van der Waals surface area contributed by atoms with E-state index in [9.17, 15) is 23.1 Å². The van der Waals surface area contributed by atoms with Crippen LogP contribution in [0.4, 0.5) is 4.79 Å². The lowest BCUT2D eigenvalue weighted by Gasteiger charge is -2.63. The Morgan fingerprint density at radius 3 is 2.19 bits per heavy atom. The van der Waals surface area contributed by atoms with Crippen LogP contribution in [0.2, 0.25) is 0 Å². The summed E-state index contributed by atoms with van der Waals surface area (Å²) in [4.78, 5) is 26.5. The lowest BCUT2D eigenvalue weighted by molar-refractivity contribution is -0.127. The van der Waals surface area contributed by atoms with Crippen LogP contribution in [-0.4, -0.2) is 49.8 Å². The highest BCUT2D eigenvalue weighted by molar-refractivity contribution is 9.10. The van der Waals surface area contributed by atoms with E-state index in [1.165, 1.54) is 49.0 Å². The van der Waals surface area contributed by atoms with Gasteiger partial charge in [0.25, 0.3) is 0 Å². The number of hydrogen-bond donors (Lipinski definition) is 2. The summed E-state index contributed by atoms with van der Waals surface area (Å²) in [6.45, 7) is 0.975. The fourth-order valence-corrected chi connectivity index (χ4v) is 11.3. The number of piperidine rings is 1. The van der Waals surface area contributed by atoms with Crippen LogP contribution in [0.1, 0.15) is 74.8 Å². The Bertz CT molecular complexity index is 1170. The van der Waals surface area contributed by atoms with Crippen molar-refractivity contribution in [2.75, 3.05) is 19.3 Å². The molecule has 2 amide bonds. The summed E-state index contributed by atoms with van der Waals surface area (Å²) >= 11 is 3.86. The van der Waals surface area contributed by atoms with Gasteiger partial charge in [-0.05, 0) is 104 Å². The maximum atomic E-state index is 13.1. The number of amides is 2. The van der Waals surface area contributed by atoms with Gasteiger partial charge < -0.3 is 10.0 Å². The molecule has 36 heavy (non-hydrogen) atoms. The van der Waals surface area contributed by atoms with Crippen LogP contribution >= 0.6 is 15.9 Å². The highest BCUT2D eigenvalue weighted by Crippen LogP contribution is 2.72. The number of carboxylic acid groups (broad SMARTS) is 1. The van der Waals surface area contributed by atoms with E-state index in [2.05, 4.69) is 32.8 Å². The number of hydrogen-bond acceptors (Lipinski definition) is 4. The lowest BCUT2D eigenvalue weighted by atomic mass is 9.42. The van der Waals surface area contributed by atoms with E-state index in [1.54, 1.807) is 0 Å². The van der Waals surface area contributed by atoms with E-state index in [0.717, 1.165) is 46.9 Å². The monoisotopic (exact) mass is 578 g/mol. The number of likely N-dealkylation sites (tertiary alicyclic amines) is 1. The number of halogens is 1. The van der Waals surface area contributed by atoms with E-state index >= 15 is 0 Å². The molecule has 1 aromatic carbocycles. The lowest BCUT2D eigenvalue weighted by Crippen LogP contribution is -2.57. The average molecular weight is 580 g/mol. The van der Waals surface area contributed by atoms with E-state index in [-0.39, 0.29) is 29.1 Å². The van der Waals surface area contributed by atoms with Crippen molar-refractivity contribution in [2.24, 2.45) is 29.1 Å². The molecule has 5 fully saturated rings. The van der Waals surface area contributed by atoms with Crippen molar-refractivity contribution >= 4 is 38.0 Å². The van der Waals surface area contributed by atoms with E-state index < -0.39 is 22.0 Å². The third-order valence-corrected chi connectivity index (χ3v) is 11.6. The molecular formula is C27H35BrN2O5S. The van der Waals surface area contributed by atoms with Gasteiger partial charge in [0.1, 0.15) is 0 Å². The van der Waals surface area contributed by atoms with Gasteiger partial charge in [0.2, 0.25) is 15.9 Å². The summed E-state index contributed by atoms with van der Waals surface area (Å²) in [7, 11) is -3.64. The molecule has 0 aromatic heterocycles. The van der Waals surface area contributed by atoms with Gasteiger partial charge in [-0.25, -0.2) is 13.2 Å². The summed E-state index contributed by atoms with van der Waals surface area (Å²) in [5, 5.41) is 9.70. The number of nitrogens with zero attached hydrogens (tertiary/aromatic N) is 1. The van der Waals surface area contributed by atoms with Gasteiger partial charge in [-0.2, -0.15) is 0 Å². The summed E-state index contributed by atoms with van der Waals surface area (Å²) in [5.41, 5.74) is 2.29. The molecule has 7 rings (SSSR count). The van der Waals surface area contributed by atoms with Gasteiger partial charge in [-0.3, -0.25) is 9.52 Å². The molecule has 2 atom stereocenters. The molecule has 196 valence electrons. The van der Waals surface area contributed by atoms with Crippen molar-refractivity contribution in [1.29, 1.82) is 0 Å². The Balaban J connectivity index is 1.48. The predicted octanol–water partition coefficient (Wildman–Crippen LogP) is 4.86. The zero-order chi connectivity index (χ0) is 25.5. The smallest absolute Gasteiger partial charge is 0.407 e. The van der Waals surface area contributed by atoms with Crippen LogP contribution in [0.25, 0.3) is 0 Å². The van der Waals surface area contributed by atoms with Crippen LogP contribution in [-0.2, 0) is 20.2 Å². The molecule has 1 aliphatic heterocycles. The Labute approximate surface area is 221 Å². The first-order chi connectivity index (χ1) is 17.0. The van der Waals surface area contributed by atoms with Crippen molar-refractivity contribution in [3.8, 4) is 0 Å². The fourth-order valence-electron chi connectivity index (χ4n) is 10.0. The second-order valence-corrected chi connectivity index (χ2v) is 15.1. The maximum absolute atomic E-state index is 13.1. The molecule has 1 spiro atoms. The number of carbonyl (C=O) groups is 2. The van der Waals surface area contributed by atoms with Crippen LogP contribution in [0.5, 0.6) is 0 Å².